The second-order valence-electron chi connectivity index (χ2n) is 6.76. The first kappa shape index (κ1) is 22.8. The number of hydrogen-bond donors (Lipinski definition) is 0. The molecule has 0 aliphatic rings. The van der Waals surface area contributed by atoms with E-state index in [1.807, 2.05) is 36.4 Å². The lowest BCUT2D eigenvalue weighted by Gasteiger charge is -2.32. The van der Waals surface area contributed by atoms with E-state index in [4.69, 9.17) is 9.16 Å². The van der Waals surface area contributed by atoms with Crippen LogP contribution in [0.15, 0.2) is 48.5 Å². The van der Waals surface area contributed by atoms with E-state index in [9.17, 15) is 10.1 Å². The van der Waals surface area contributed by atoms with E-state index >= 15 is 0 Å². The summed E-state index contributed by atoms with van der Waals surface area (Å²) in [5.41, 5.74) is 1.81. The number of rotatable bonds is 11. The zero-order valence-electron chi connectivity index (χ0n) is 16.7. The normalized spacial score (nSPS) is 12.6. The number of ether oxygens (including phenoxy) is 1. The minimum atomic E-state index is -1.81. The maximum absolute atomic E-state index is 11.6. The molecule has 0 radical (unpaired) electrons. The fourth-order valence-corrected chi connectivity index (χ4v) is 7.08. The fourth-order valence-electron chi connectivity index (χ4n) is 3.23. The first-order valence-corrected chi connectivity index (χ1v) is 13.7. The largest absolute Gasteiger partial charge is 0.482 e. The summed E-state index contributed by atoms with van der Waals surface area (Å²) >= 11 is 2.30. The highest BCUT2D eigenvalue weighted by atomic mass is 127. The van der Waals surface area contributed by atoms with Gasteiger partial charge in [0.1, 0.15) is 6.61 Å². The quantitative estimate of drug-likeness (QED) is 0.111. The molecule has 2 rings (SSSR count). The summed E-state index contributed by atoms with van der Waals surface area (Å²) in [4.78, 5) is 11.3. The number of benzene rings is 2. The van der Waals surface area contributed by atoms with Crippen LogP contribution in [-0.2, 0) is 11.0 Å². The predicted octanol–water partition coefficient (Wildman–Crippen LogP) is 6.67. The Morgan fingerprint density at radius 2 is 1.71 bits per heavy atom. The molecule has 2 aromatic carbocycles. The number of hydrogen-bond acceptors (Lipinski definition) is 4. The van der Waals surface area contributed by atoms with Gasteiger partial charge in [-0.05, 0) is 35.3 Å². The Morgan fingerprint density at radius 1 is 1.07 bits per heavy atom. The molecule has 152 valence electrons. The second-order valence-corrected chi connectivity index (χ2v) is 12.4. The van der Waals surface area contributed by atoms with Crippen molar-refractivity contribution in [2.45, 2.75) is 51.6 Å². The lowest BCUT2D eigenvalue weighted by Crippen LogP contribution is -2.37. The average molecular weight is 513 g/mol. The summed E-state index contributed by atoms with van der Waals surface area (Å²) in [6.45, 7) is 6.86. The van der Waals surface area contributed by atoms with Gasteiger partial charge in [-0.2, -0.15) is 0 Å². The van der Waals surface area contributed by atoms with E-state index in [1.165, 1.54) is 0 Å². The molecule has 0 bridgehead atoms. The second kappa shape index (κ2) is 10.9. The Labute approximate surface area is 181 Å². The lowest BCUT2D eigenvalue weighted by atomic mass is 10.1. The van der Waals surface area contributed by atoms with Crippen molar-refractivity contribution < 1.29 is 14.1 Å². The fraction of sp³-hybridized carbons (Fsp3) is 0.429. The van der Waals surface area contributed by atoms with E-state index in [2.05, 4.69) is 43.4 Å². The molecule has 7 heteroatoms. The summed E-state index contributed by atoms with van der Waals surface area (Å²) in [6.07, 6.45) is -0.131. The molecular formula is C21H28INO4Si. The SMILES string of the molecule is CC[Si](CC)(CC)O[C@@H](CI)c1ccc(OCc2ccccc2)c([N+](=O)[O-])c1. The highest BCUT2D eigenvalue weighted by Crippen LogP contribution is 2.35. The van der Waals surface area contributed by atoms with Gasteiger partial charge in [0.05, 0.1) is 11.0 Å². The summed E-state index contributed by atoms with van der Waals surface area (Å²) in [7, 11) is -1.81. The smallest absolute Gasteiger partial charge is 0.311 e. The molecule has 0 unspecified atom stereocenters. The topological polar surface area (TPSA) is 61.6 Å². The molecule has 0 saturated carbocycles. The highest BCUT2D eigenvalue weighted by molar-refractivity contribution is 14.1. The molecule has 0 amide bonds. The Kier molecular flexibility index (Phi) is 8.90. The van der Waals surface area contributed by atoms with Crippen molar-refractivity contribution >= 4 is 36.6 Å². The molecule has 0 fully saturated rings. The van der Waals surface area contributed by atoms with E-state index in [0.29, 0.717) is 6.61 Å². The molecule has 5 nitrogen and oxygen atoms in total. The number of halogens is 1. The third kappa shape index (κ3) is 5.77. The minimum Gasteiger partial charge on any atom is -0.482 e. The van der Waals surface area contributed by atoms with E-state index < -0.39 is 8.32 Å². The van der Waals surface area contributed by atoms with Gasteiger partial charge in [0.25, 0.3) is 0 Å². The van der Waals surface area contributed by atoms with Crippen molar-refractivity contribution in [1.82, 2.24) is 0 Å². The predicted molar refractivity (Wildman–Crippen MR) is 124 cm³/mol. The van der Waals surface area contributed by atoms with Gasteiger partial charge in [-0.3, -0.25) is 10.1 Å². The molecule has 0 aromatic heterocycles. The molecular weight excluding hydrogens is 485 g/mol. The Morgan fingerprint density at radius 3 is 2.25 bits per heavy atom. The maximum atomic E-state index is 11.6. The van der Waals surface area contributed by atoms with Gasteiger partial charge in [-0.15, -0.1) is 0 Å². The van der Waals surface area contributed by atoms with E-state index in [0.717, 1.165) is 33.7 Å². The van der Waals surface area contributed by atoms with Gasteiger partial charge < -0.3 is 9.16 Å². The third-order valence-electron chi connectivity index (χ3n) is 5.25. The molecule has 0 aliphatic carbocycles. The zero-order valence-corrected chi connectivity index (χ0v) is 19.8. The van der Waals surface area contributed by atoms with Crippen molar-refractivity contribution in [3.05, 3.63) is 69.8 Å². The Balaban J connectivity index is 2.25. The van der Waals surface area contributed by atoms with Gasteiger partial charge in [-0.1, -0.05) is 79.8 Å². The van der Waals surface area contributed by atoms with Crippen molar-refractivity contribution in [3.8, 4) is 5.75 Å². The third-order valence-corrected chi connectivity index (χ3v) is 10.7. The van der Waals surface area contributed by atoms with Crippen molar-refractivity contribution in [1.29, 1.82) is 0 Å². The lowest BCUT2D eigenvalue weighted by molar-refractivity contribution is -0.386. The maximum Gasteiger partial charge on any atom is 0.311 e. The van der Waals surface area contributed by atoms with Crippen molar-refractivity contribution in [2.24, 2.45) is 0 Å². The van der Waals surface area contributed by atoms with Crippen LogP contribution in [0.3, 0.4) is 0 Å². The number of alkyl halides is 1. The summed E-state index contributed by atoms with van der Waals surface area (Å²) in [6, 6.07) is 18.0. The van der Waals surface area contributed by atoms with E-state index in [1.54, 1.807) is 12.1 Å². The van der Waals surface area contributed by atoms with Crippen molar-refractivity contribution in [3.63, 3.8) is 0 Å². The van der Waals surface area contributed by atoms with Gasteiger partial charge in [0.15, 0.2) is 14.1 Å². The van der Waals surface area contributed by atoms with Crippen LogP contribution < -0.4 is 4.74 Å². The number of nitrogens with zero attached hydrogens (tertiary/aromatic N) is 1. The van der Waals surface area contributed by atoms with Crippen LogP contribution in [0.1, 0.15) is 38.0 Å². The van der Waals surface area contributed by atoms with Gasteiger partial charge in [0, 0.05) is 10.5 Å². The molecule has 0 spiro atoms. The zero-order chi connectivity index (χ0) is 20.6. The summed E-state index contributed by atoms with van der Waals surface area (Å²) < 4.78 is 13.1. The molecule has 2 aromatic rings. The van der Waals surface area contributed by atoms with Gasteiger partial charge in [0.2, 0.25) is 0 Å². The monoisotopic (exact) mass is 513 g/mol. The first-order valence-electron chi connectivity index (χ1n) is 9.67. The average Bonchev–Trinajstić information content (AvgIpc) is 2.74. The van der Waals surface area contributed by atoms with Crippen molar-refractivity contribution in [2.75, 3.05) is 4.43 Å². The van der Waals surface area contributed by atoms with Gasteiger partial charge in [-0.25, -0.2) is 0 Å². The molecule has 0 aliphatic heterocycles. The van der Waals surface area contributed by atoms with Crippen LogP contribution in [0, 0.1) is 10.1 Å². The molecule has 0 saturated heterocycles. The number of nitro groups is 1. The van der Waals surface area contributed by atoms with Gasteiger partial charge >= 0.3 is 5.69 Å². The first-order chi connectivity index (χ1) is 13.5. The molecule has 28 heavy (non-hydrogen) atoms. The highest BCUT2D eigenvalue weighted by Gasteiger charge is 2.33. The Hall–Kier alpha value is -1.45. The number of nitro benzene ring substituents is 1. The molecule has 0 heterocycles. The van der Waals surface area contributed by atoms with Crippen LogP contribution in [0.4, 0.5) is 5.69 Å². The van der Waals surface area contributed by atoms with Crippen LogP contribution in [-0.4, -0.2) is 17.7 Å². The van der Waals surface area contributed by atoms with Crippen LogP contribution in [0.5, 0.6) is 5.75 Å². The van der Waals surface area contributed by atoms with Crippen LogP contribution >= 0.6 is 22.6 Å². The van der Waals surface area contributed by atoms with Crippen LogP contribution in [0.2, 0.25) is 18.1 Å². The standard InChI is InChI=1S/C21H28INO4Si/c1-4-28(5-2,6-3)27-21(15-22)18-12-13-20(19(14-18)23(24)25)26-16-17-10-8-7-9-11-17/h7-14,21H,4-6,15-16H2,1-3H3/t21-/m0/s1. The summed E-state index contributed by atoms with van der Waals surface area (Å²) in [5.74, 6) is 0.287. The Bertz CT molecular complexity index is 760. The molecule has 1 atom stereocenters. The van der Waals surface area contributed by atoms with E-state index in [-0.39, 0.29) is 22.5 Å². The van der Waals surface area contributed by atoms with Crippen LogP contribution in [0.25, 0.3) is 0 Å². The molecule has 0 N–H and O–H groups in total. The minimum absolute atomic E-state index is 0.0105. The summed E-state index contributed by atoms with van der Waals surface area (Å²) in [5, 5.41) is 11.6.